The van der Waals surface area contributed by atoms with Gasteiger partial charge < -0.3 is 20.3 Å². The fourth-order valence-corrected chi connectivity index (χ4v) is 2.15. The van der Waals surface area contributed by atoms with Crippen molar-refractivity contribution in [3.63, 3.8) is 0 Å². The molecule has 6 nitrogen and oxygen atoms in total. The number of allylic oxidation sites excluding steroid dienone is 1. The van der Waals surface area contributed by atoms with Crippen LogP contribution in [0.5, 0.6) is 0 Å². The molecule has 2 atom stereocenters. The van der Waals surface area contributed by atoms with Crippen molar-refractivity contribution in [1.82, 2.24) is 5.32 Å². The Morgan fingerprint density at radius 2 is 2.20 bits per heavy atom. The van der Waals surface area contributed by atoms with Crippen LogP contribution in [-0.2, 0) is 14.3 Å². The second-order valence-electron chi connectivity index (χ2n) is 5.03. The molecule has 0 heterocycles. The first-order valence-electron chi connectivity index (χ1n) is 6.96. The maximum absolute atomic E-state index is 11.6. The van der Waals surface area contributed by atoms with Crippen molar-refractivity contribution in [3.8, 4) is 0 Å². The van der Waals surface area contributed by atoms with Crippen LogP contribution in [-0.4, -0.2) is 47.4 Å². The molecule has 0 saturated carbocycles. The van der Waals surface area contributed by atoms with E-state index in [0.29, 0.717) is 0 Å². The number of carbonyl (C=O) groups is 2. The first-order valence-corrected chi connectivity index (χ1v) is 6.96. The van der Waals surface area contributed by atoms with Crippen LogP contribution in [0.3, 0.4) is 0 Å². The summed E-state index contributed by atoms with van der Waals surface area (Å²) < 4.78 is 5.56. The van der Waals surface area contributed by atoms with Crippen LogP contribution in [0.25, 0.3) is 0 Å². The highest BCUT2D eigenvalue weighted by Crippen LogP contribution is 2.19. The largest absolute Gasteiger partial charge is 0.480 e. The SMILES string of the molecule is CC1=CCCCCCC1OCC(=O)N[C@@H](CO)C(=O)O. The van der Waals surface area contributed by atoms with Gasteiger partial charge in [-0.3, -0.25) is 4.79 Å². The van der Waals surface area contributed by atoms with Crippen molar-refractivity contribution in [2.24, 2.45) is 0 Å². The van der Waals surface area contributed by atoms with Crippen LogP contribution in [0.4, 0.5) is 0 Å². The average Bonchev–Trinajstić information content (AvgIpc) is 2.39. The number of hydrogen-bond acceptors (Lipinski definition) is 4. The molecule has 6 heteroatoms. The number of aliphatic hydroxyl groups is 1. The molecule has 3 N–H and O–H groups in total. The summed E-state index contributed by atoms with van der Waals surface area (Å²) in [4.78, 5) is 22.3. The molecular formula is C14H23NO5. The smallest absolute Gasteiger partial charge is 0.328 e. The standard InChI is InChI=1S/C14H23NO5/c1-10-6-4-2-3-5-7-12(10)20-9-13(17)15-11(8-16)14(18)19/h6,11-12,16H,2-5,7-9H2,1H3,(H,15,17)(H,18,19)/t11-,12?/m0/s1. The van der Waals surface area contributed by atoms with Crippen molar-refractivity contribution in [1.29, 1.82) is 0 Å². The number of aliphatic hydroxyl groups excluding tert-OH is 1. The normalized spacial score (nSPS) is 21.3. The van der Waals surface area contributed by atoms with Gasteiger partial charge in [-0.05, 0) is 31.8 Å². The van der Waals surface area contributed by atoms with E-state index in [1.807, 2.05) is 6.92 Å². The molecule has 0 aromatic rings. The van der Waals surface area contributed by atoms with Gasteiger partial charge in [0.05, 0.1) is 12.7 Å². The number of carbonyl (C=O) groups excluding carboxylic acids is 1. The highest BCUT2D eigenvalue weighted by Gasteiger charge is 2.20. The summed E-state index contributed by atoms with van der Waals surface area (Å²) in [5, 5.41) is 19.8. The summed E-state index contributed by atoms with van der Waals surface area (Å²) in [7, 11) is 0. The number of carboxylic acid groups (broad SMARTS) is 1. The van der Waals surface area contributed by atoms with Gasteiger partial charge in [-0.25, -0.2) is 4.79 Å². The summed E-state index contributed by atoms with van der Waals surface area (Å²) in [6.07, 6.45) is 7.35. The maximum Gasteiger partial charge on any atom is 0.328 e. The average molecular weight is 285 g/mol. The number of aliphatic carboxylic acids is 1. The predicted octanol–water partition coefficient (Wildman–Crippen LogP) is 0.844. The van der Waals surface area contributed by atoms with Gasteiger partial charge >= 0.3 is 5.97 Å². The van der Waals surface area contributed by atoms with Crippen molar-refractivity contribution in [3.05, 3.63) is 11.6 Å². The molecule has 0 aliphatic heterocycles. The lowest BCUT2D eigenvalue weighted by molar-refractivity contribution is -0.144. The highest BCUT2D eigenvalue weighted by molar-refractivity contribution is 5.84. The molecule has 0 bridgehead atoms. The molecule has 0 radical (unpaired) electrons. The Bertz CT molecular complexity index is 367. The van der Waals surface area contributed by atoms with Crippen molar-refractivity contribution in [2.75, 3.05) is 13.2 Å². The van der Waals surface area contributed by atoms with Gasteiger partial charge in [-0.1, -0.05) is 18.9 Å². The predicted molar refractivity (Wildman–Crippen MR) is 73.2 cm³/mol. The van der Waals surface area contributed by atoms with Gasteiger partial charge in [0.25, 0.3) is 0 Å². The number of hydrogen-bond donors (Lipinski definition) is 3. The number of ether oxygens (including phenoxy) is 1. The van der Waals surface area contributed by atoms with Crippen LogP contribution in [0.15, 0.2) is 11.6 Å². The first-order chi connectivity index (χ1) is 9.54. The van der Waals surface area contributed by atoms with Crippen LogP contribution in [0, 0.1) is 0 Å². The van der Waals surface area contributed by atoms with E-state index in [1.165, 1.54) is 6.42 Å². The maximum atomic E-state index is 11.6. The van der Waals surface area contributed by atoms with E-state index in [9.17, 15) is 9.59 Å². The minimum Gasteiger partial charge on any atom is -0.480 e. The van der Waals surface area contributed by atoms with E-state index >= 15 is 0 Å². The minimum absolute atomic E-state index is 0.0848. The number of rotatable bonds is 6. The molecular weight excluding hydrogens is 262 g/mol. The van der Waals surface area contributed by atoms with E-state index < -0.39 is 24.5 Å². The molecule has 0 aromatic carbocycles. The third kappa shape index (κ3) is 5.71. The summed E-state index contributed by atoms with van der Waals surface area (Å²) >= 11 is 0. The van der Waals surface area contributed by atoms with Gasteiger partial charge in [-0.15, -0.1) is 0 Å². The molecule has 0 aromatic heterocycles. The Balaban J connectivity index is 2.42. The highest BCUT2D eigenvalue weighted by atomic mass is 16.5. The molecule has 1 aliphatic rings. The minimum atomic E-state index is -1.28. The molecule has 114 valence electrons. The molecule has 1 amide bonds. The summed E-state index contributed by atoms with van der Waals surface area (Å²) in [5.74, 6) is -1.79. The van der Waals surface area contributed by atoms with E-state index in [-0.39, 0.29) is 12.7 Å². The Morgan fingerprint density at radius 3 is 2.85 bits per heavy atom. The lowest BCUT2D eigenvalue weighted by Crippen LogP contribution is -2.45. The summed E-state index contributed by atoms with van der Waals surface area (Å²) in [5.41, 5.74) is 1.12. The van der Waals surface area contributed by atoms with E-state index in [0.717, 1.165) is 31.3 Å². The molecule has 0 fully saturated rings. The van der Waals surface area contributed by atoms with E-state index in [2.05, 4.69) is 11.4 Å². The van der Waals surface area contributed by atoms with Crippen LogP contribution < -0.4 is 5.32 Å². The summed E-state index contributed by atoms with van der Waals surface area (Å²) in [6.45, 7) is 1.16. The summed E-state index contributed by atoms with van der Waals surface area (Å²) in [6, 6.07) is -1.28. The van der Waals surface area contributed by atoms with Gasteiger partial charge in [0.1, 0.15) is 12.6 Å². The second-order valence-corrected chi connectivity index (χ2v) is 5.03. The van der Waals surface area contributed by atoms with Crippen LogP contribution >= 0.6 is 0 Å². The third-order valence-corrected chi connectivity index (χ3v) is 3.38. The Kier molecular flexibility index (Phi) is 7.25. The second kappa shape index (κ2) is 8.71. The van der Waals surface area contributed by atoms with Gasteiger partial charge in [0, 0.05) is 0 Å². The van der Waals surface area contributed by atoms with Gasteiger partial charge in [-0.2, -0.15) is 0 Å². The molecule has 20 heavy (non-hydrogen) atoms. The Hall–Kier alpha value is -1.40. The lowest BCUT2D eigenvalue weighted by Gasteiger charge is -2.21. The van der Waals surface area contributed by atoms with Crippen LogP contribution in [0.1, 0.15) is 39.0 Å². The first kappa shape index (κ1) is 16.7. The molecule has 0 saturated heterocycles. The van der Waals surface area contributed by atoms with E-state index in [1.54, 1.807) is 0 Å². The van der Waals surface area contributed by atoms with Crippen molar-refractivity contribution < 1.29 is 24.5 Å². The van der Waals surface area contributed by atoms with Crippen molar-refractivity contribution >= 4 is 11.9 Å². The number of amides is 1. The fourth-order valence-electron chi connectivity index (χ4n) is 2.15. The van der Waals surface area contributed by atoms with E-state index in [4.69, 9.17) is 14.9 Å². The zero-order valence-electron chi connectivity index (χ0n) is 11.8. The van der Waals surface area contributed by atoms with Gasteiger partial charge in [0.15, 0.2) is 0 Å². The van der Waals surface area contributed by atoms with Gasteiger partial charge in [0.2, 0.25) is 5.91 Å². The monoisotopic (exact) mass is 285 g/mol. The number of nitrogens with one attached hydrogen (secondary N) is 1. The Morgan fingerprint density at radius 1 is 1.45 bits per heavy atom. The molecule has 0 spiro atoms. The fraction of sp³-hybridized carbons (Fsp3) is 0.714. The lowest BCUT2D eigenvalue weighted by atomic mass is 9.98. The zero-order valence-corrected chi connectivity index (χ0v) is 11.8. The number of carboxylic acids is 1. The van der Waals surface area contributed by atoms with Crippen molar-refractivity contribution in [2.45, 2.75) is 51.2 Å². The zero-order chi connectivity index (χ0) is 15.0. The quantitative estimate of drug-likeness (QED) is 0.629. The molecule has 1 rings (SSSR count). The molecule has 1 unspecified atom stereocenters. The third-order valence-electron chi connectivity index (χ3n) is 3.38. The molecule has 1 aliphatic carbocycles. The topological polar surface area (TPSA) is 95.9 Å². The Labute approximate surface area is 118 Å². The van der Waals surface area contributed by atoms with Crippen LogP contribution in [0.2, 0.25) is 0 Å².